The van der Waals surface area contributed by atoms with Crippen molar-refractivity contribution in [3.63, 3.8) is 0 Å². The number of aromatic amines is 1. The second kappa shape index (κ2) is 5.63. The molecule has 1 heterocycles. The summed E-state index contributed by atoms with van der Waals surface area (Å²) in [6.07, 6.45) is 0.856. The quantitative estimate of drug-likeness (QED) is 0.862. The molecule has 0 saturated carbocycles. The smallest absolute Gasteiger partial charge is 0.144 e. The molecule has 0 atom stereocenters. The summed E-state index contributed by atoms with van der Waals surface area (Å²) in [5.41, 5.74) is 1.95. The number of hydrogen-bond donors (Lipinski definition) is 1. The topological polar surface area (TPSA) is 37.9 Å². The van der Waals surface area contributed by atoms with E-state index in [1.807, 2.05) is 24.3 Å². The normalized spacial score (nSPS) is 10.4. The molecule has 2 rings (SSSR count). The first-order valence-electron chi connectivity index (χ1n) is 5.59. The second-order valence-electron chi connectivity index (χ2n) is 3.74. The summed E-state index contributed by atoms with van der Waals surface area (Å²) >= 11 is 8.71. The molecular formula is C13H13BrN2OS. The van der Waals surface area contributed by atoms with Crippen LogP contribution >= 0.6 is 28.1 Å². The summed E-state index contributed by atoms with van der Waals surface area (Å²) < 4.78 is 6.76. The van der Waals surface area contributed by atoms with Gasteiger partial charge < -0.3 is 9.72 Å². The molecule has 0 saturated heterocycles. The van der Waals surface area contributed by atoms with E-state index in [4.69, 9.17) is 17.0 Å². The number of hydrogen-bond acceptors (Lipinski definition) is 3. The summed E-state index contributed by atoms with van der Waals surface area (Å²) in [6, 6.07) is 7.74. The average molecular weight is 325 g/mol. The Morgan fingerprint density at radius 3 is 2.78 bits per heavy atom. The van der Waals surface area contributed by atoms with Crippen LogP contribution in [0, 0.1) is 4.64 Å². The van der Waals surface area contributed by atoms with Crippen molar-refractivity contribution in [3.05, 3.63) is 39.1 Å². The van der Waals surface area contributed by atoms with Crippen LogP contribution in [-0.2, 0) is 6.42 Å². The summed E-state index contributed by atoms with van der Waals surface area (Å²) in [4.78, 5) is 7.68. The first kappa shape index (κ1) is 13.2. The van der Waals surface area contributed by atoms with Gasteiger partial charge in [0.1, 0.15) is 16.2 Å². The lowest BCUT2D eigenvalue weighted by Crippen LogP contribution is -1.98. The third-order valence-electron chi connectivity index (χ3n) is 2.65. The van der Waals surface area contributed by atoms with Crippen LogP contribution in [0.5, 0.6) is 5.75 Å². The average Bonchev–Trinajstić information content (AvgIpc) is 2.41. The Morgan fingerprint density at radius 1 is 1.39 bits per heavy atom. The van der Waals surface area contributed by atoms with Crippen molar-refractivity contribution in [1.82, 2.24) is 9.97 Å². The largest absolute Gasteiger partial charge is 0.496 e. The molecule has 0 aliphatic rings. The number of nitrogens with one attached hydrogen (secondary N) is 1. The summed E-state index contributed by atoms with van der Waals surface area (Å²) in [7, 11) is 1.65. The first-order chi connectivity index (χ1) is 8.67. The zero-order valence-corrected chi connectivity index (χ0v) is 12.6. The zero-order chi connectivity index (χ0) is 13.1. The first-order valence-corrected chi connectivity index (χ1v) is 6.79. The van der Waals surface area contributed by atoms with Gasteiger partial charge in [-0.2, -0.15) is 0 Å². The van der Waals surface area contributed by atoms with E-state index in [2.05, 4.69) is 32.8 Å². The molecule has 0 radical (unpaired) electrons. The van der Waals surface area contributed by atoms with Crippen molar-refractivity contribution in [3.8, 4) is 17.1 Å². The molecule has 0 fully saturated rings. The van der Waals surface area contributed by atoms with Gasteiger partial charge in [0.25, 0.3) is 0 Å². The van der Waals surface area contributed by atoms with Crippen LogP contribution in [-0.4, -0.2) is 17.1 Å². The van der Waals surface area contributed by atoms with Gasteiger partial charge in [-0.05, 0) is 34.5 Å². The van der Waals surface area contributed by atoms with Crippen LogP contribution in [0.15, 0.2) is 28.7 Å². The van der Waals surface area contributed by atoms with Gasteiger partial charge in [-0.25, -0.2) is 4.98 Å². The molecule has 1 aromatic carbocycles. The number of ether oxygens (including phenoxy) is 1. The van der Waals surface area contributed by atoms with Crippen LogP contribution in [0.1, 0.15) is 12.6 Å². The molecule has 0 aliphatic heterocycles. The molecule has 0 unspecified atom stereocenters. The lowest BCUT2D eigenvalue weighted by Gasteiger charge is -2.10. The molecule has 0 amide bonds. The number of aryl methyl sites for hydroxylation is 1. The van der Waals surface area contributed by atoms with E-state index in [0.717, 1.165) is 33.7 Å². The number of benzene rings is 1. The van der Waals surface area contributed by atoms with Gasteiger partial charge in [0, 0.05) is 5.69 Å². The number of para-hydroxylation sites is 1. The predicted molar refractivity (Wildman–Crippen MR) is 78.5 cm³/mol. The molecule has 94 valence electrons. The number of nitrogens with zero attached hydrogens (tertiary/aromatic N) is 1. The fourth-order valence-corrected chi connectivity index (χ4v) is 2.40. The molecule has 1 N–H and O–H groups in total. The van der Waals surface area contributed by atoms with Crippen LogP contribution in [0.2, 0.25) is 0 Å². The number of H-pyrrole nitrogens is 1. The number of halogens is 1. The van der Waals surface area contributed by atoms with Crippen LogP contribution < -0.4 is 4.74 Å². The van der Waals surface area contributed by atoms with E-state index in [1.54, 1.807) is 7.11 Å². The van der Waals surface area contributed by atoms with E-state index in [1.165, 1.54) is 0 Å². The molecule has 0 aliphatic carbocycles. The van der Waals surface area contributed by atoms with E-state index >= 15 is 0 Å². The van der Waals surface area contributed by atoms with Crippen molar-refractivity contribution < 1.29 is 4.74 Å². The minimum absolute atomic E-state index is 0.562. The van der Waals surface area contributed by atoms with Gasteiger partial charge in [0.2, 0.25) is 0 Å². The third-order valence-corrected chi connectivity index (χ3v) is 4.06. The highest BCUT2D eigenvalue weighted by Crippen LogP contribution is 2.28. The Hall–Kier alpha value is -1.20. The Kier molecular flexibility index (Phi) is 4.14. The van der Waals surface area contributed by atoms with E-state index in [-0.39, 0.29) is 0 Å². The number of rotatable bonds is 3. The molecule has 3 nitrogen and oxygen atoms in total. The predicted octanol–water partition coefficient (Wildman–Crippen LogP) is 4.14. The molecule has 1 aromatic heterocycles. The summed E-state index contributed by atoms with van der Waals surface area (Å²) in [6.45, 7) is 2.07. The van der Waals surface area contributed by atoms with Crippen molar-refractivity contribution in [2.75, 3.05) is 7.11 Å². The highest BCUT2D eigenvalue weighted by molar-refractivity contribution is 9.10. The number of aromatic nitrogens is 2. The van der Waals surface area contributed by atoms with E-state index in [0.29, 0.717) is 4.64 Å². The minimum atomic E-state index is 0.562. The molecule has 0 bridgehead atoms. The third kappa shape index (κ3) is 2.47. The van der Waals surface area contributed by atoms with Gasteiger partial charge >= 0.3 is 0 Å². The molecule has 18 heavy (non-hydrogen) atoms. The highest BCUT2D eigenvalue weighted by atomic mass is 79.9. The monoisotopic (exact) mass is 324 g/mol. The maximum atomic E-state index is 5.34. The Morgan fingerprint density at radius 2 is 2.11 bits per heavy atom. The van der Waals surface area contributed by atoms with Crippen molar-refractivity contribution in [1.29, 1.82) is 0 Å². The van der Waals surface area contributed by atoms with Gasteiger partial charge in [-0.15, -0.1) is 0 Å². The number of methoxy groups -OCH3 is 1. The fourth-order valence-electron chi connectivity index (χ4n) is 1.72. The van der Waals surface area contributed by atoms with Crippen molar-refractivity contribution in [2.24, 2.45) is 0 Å². The molecule has 2 aromatic rings. The van der Waals surface area contributed by atoms with E-state index in [9.17, 15) is 0 Å². The maximum Gasteiger partial charge on any atom is 0.144 e. The molecule has 0 spiro atoms. The Labute approximate surface area is 119 Å². The molecular weight excluding hydrogens is 312 g/mol. The Bertz CT molecular complexity index is 625. The lowest BCUT2D eigenvalue weighted by molar-refractivity contribution is 0.416. The van der Waals surface area contributed by atoms with Gasteiger partial charge in [0.15, 0.2) is 0 Å². The van der Waals surface area contributed by atoms with Crippen LogP contribution in [0.25, 0.3) is 11.4 Å². The lowest BCUT2D eigenvalue weighted by atomic mass is 10.2. The van der Waals surface area contributed by atoms with Gasteiger partial charge in [-0.1, -0.05) is 31.3 Å². The second-order valence-corrected chi connectivity index (χ2v) is 4.92. The van der Waals surface area contributed by atoms with Gasteiger partial charge in [-0.3, -0.25) is 0 Å². The zero-order valence-electron chi connectivity index (χ0n) is 10.2. The molecule has 5 heteroatoms. The fraction of sp³-hybridized carbons (Fsp3) is 0.231. The van der Waals surface area contributed by atoms with Crippen molar-refractivity contribution in [2.45, 2.75) is 13.3 Å². The van der Waals surface area contributed by atoms with Gasteiger partial charge in [0.05, 0.1) is 17.1 Å². The minimum Gasteiger partial charge on any atom is -0.496 e. The Balaban J connectivity index is 2.64. The maximum absolute atomic E-state index is 5.34. The standard InChI is InChI=1S/C13H13BrN2OS/c1-3-9-11(14)13(18)16-12(15-9)8-6-4-5-7-10(8)17-2/h4-7H,3H2,1-2H3,(H,15,16,18). The van der Waals surface area contributed by atoms with E-state index < -0.39 is 0 Å². The van der Waals surface area contributed by atoms with Crippen molar-refractivity contribution >= 4 is 28.1 Å². The summed E-state index contributed by atoms with van der Waals surface area (Å²) in [5.74, 6) is 1.51. The van der Waals surface area contributed by atoms with Crippen LogP contribution in [0.4, 0.5) is 0 Å². The summed E-state index contributed by atoms with van der Waals surface area (Å²) in [5, 5.41) is 0. The van der Waals surface area contributed by atoms with Crippen LogP contribution in [0.3, 0.4) is 0 Å². The SMILES string of the molecule is CCc1[nH]c(-c2ccccc2OC)nc(=S)c1Br. The highest BCUT2D eigenvalue weighted by Gasteiger charge is 2.10.